The van der Waals surface area contributed by atoms with Crippen LogP contribution in [0.15, 0.2) is 30.3 Å². The number of hydrogen-bond donors (Lipinski definition) is 1. The van der Waals surface area contributed by atoms with Crippen LogP contribution in [0.5, 0.6) is 0 Å². The number of benzene rings is 1. The van der Waals surface area contributed by atoms with Crippen molar-refractivity contribution in [2.75, 3.05) is 6.61 Å². The first-order chi connectivity index (χ1) is 8.31. The van der Waals surface area contributed by atoms with E-state index in [9.17, 15) is 4.79 Å². The number of rotatable bonds is 5. The molecule has 1 aromatic rings. The summed E-state index contributed by atoms with van der Waals surface area (Å²) in [5.41, 5.74) is 0.984. The molecule has 0 amide bonds. The van der Waals surface area contributed by atoms with Crippen LogP contribution in [-0.4, -0.2) is 18.6 Å². The van der Waals surface area contributed by atoms with Crippen molar-refractivity contribution < 1.29 is 9.53 Å². The zero-order valence-corrected chi connectivity index (χ0v) is 10.2. The van der Waals surface area contributed by atoms with Crippen LogP contribution in [0.2, 0.25) is 0 Å². The summed E-state index contributed by atoms with van der Waals surface area (Å²) in [4.78, 5) is 11.9. The van der Waals surface area contributed by atoms with Gasteiger partial charge in [0, 0.05) is 6.04 Å². The largest absolute Gasteiger partial charge is 0.465 e. The van der Waals surface area contributed by atoms with Crippen molar-refractivity contribution in [1.29, 1.82) is 0 Å². The monoisotopic (exact) mass is 233 g/mol. The molecule has 1 aromatic carbocycles. The highest BCUT2D eigenvalue weighted by Gasteiger charge is 2.27. The van der Waals surface area contributed by atoms with Gasteiger partial charge in [-0.25, -0.2) is 4.79 Å². The minimum absolute atomic E-state index is 0.175. The molecule has 1 N–H and O–H groups in total. The Morgan fingerprint density at radius 2 is 2.12 bits per heavy atom. The van der Waals surface area contributed by atoms with Crippen LogP contribution in [0, 0.1) is 0 Å². The lowest BCUT2D eigenvalue weighted by atomic mass is 9.91. The molecule has 0 radical (unpaired) electrons. The van der Waals surface area contributed by atoms with E-state index in [-0.39, 0.29) is 12.0 Å². The van der Waals surface area contributed by atoms with Crippen molar-refractivity contribution in [3.8, 4) is 0 Å². The molecule has 0 bridgehead atoms. The fourth-order valence-corrected chi connectivity index (χ4v) is 1.98. The molecule has 0 spiro atoms. The number of hydrogen-bond acceptors (Lipinski definition) is 3. The van der Waals surface area contributed by atoms with Crippen LogP contribution in [0.3, 0.4) is 0 Å². The quantitative estimate of drug-likeness (QED) is 0.794. The number of ether oxygens (including phenoxy) is 1. The third-order valence-corrected chi connectivity index (χ3v) is 3.16. The maximum Gasteiger partial charge on any atom is 0.327 e. The van der Waals surface area contributed by atoms with E-state index in [0.717, 1.165) is 18.4 Å². The first-order valence-corrected chi connectivity index (χ1v) is 6.29. The average Bonchev–Trinajstić information content (AvgIpc) is 2.29. The smallest absolute Gasteiger partial charge is 0.327 e. The third-order valence-electron chi connectivity index (χ3n) is 3.16. The van der Waals surface area contributed by atoms with E-state index in [0.29, 0.717) is 12.6 Å². The lowest BCUT2D eigenvalue weighted by Gasteiger charge is -2.30. The van der Waals surface area contributed by atoms with Gasteiger partial charge in [0.25, 0.3) is 0 Å². The molecule has 0 aromatic heterocycles. The van der Waals surface area contributed by atoms with Gasteiger partial charge in [0.1, 0.15) is 6.04 Å². The van der Waals surface area contributed by atoms with Crippen LogP contribution in [0.1, 0.15) is 37.8 Å². The number of carbonyl (C=O) groups excluding carboxylic acids is 1. The maximum absolute atomic E-state index is 11.9. The molecule has 0 heterocycles. The summed E-state index contributed by atoms with van der Waals surface area (Å²) in [5.74, 6) is -0.175. The Kier molecular flexibility index (Phi) is 4.15. The van der Waals surface area contributed by atoms with Crippen LogP contribution in [-0.2, 0) is 9.53 Å². The normalized spacial score (nSPS) is 17.2. The summed E-state index contributed by atoms with van der Waals surface area (Å²) in [7, 11) is 0. The highest BCUT2D eigenvalue weighted by atomic mass is 16.5. The maximum atomic E-state index is 11.9. The van der Waals surface area contributed by atoms with E-state index in [4.69, 9.17) is 4.74 Å². The lowest BCUT2D eigenvalue weighted by Crippen LogP contribution is -2.41. The molecular weight excluding hydrogens is 214 g/mol. The topological polar surface area (TPSA) is 38.3 Å². The molecule has 1 saturated carbocycles. The van der Waals surface area contributed by atoms with Gasteiger partial charge in [-0.05, 0) is 25.3 Å². The van der Waals surface area contributed by atoms with Gasteiger partial charge in [-0.2, -0.15) is 0 Å². The molecule has 1 unspecified atom stereocenters. The lowest BCUT2D eigenvalue weighted by molar-refractivity contribution is -0.146. The second kappa shape index (κ2) is 5.82. The molecular formula is C14H19NO2. The highest BCUT2D eigenvalue weighted by molar-refractivity contribution is 5.77. The Balaban J connectivity index is 2.08. The number of esters is 1. The Bertz CT molecular complexity index is 360. The van der Waals surface area contributed by atoms with Gasteiger partial charge in [0.15, 0.2) is 0 Å². The predicted molar refractivity (Wildman–Crippen MR) is 66.6 cm³/mol. The van der Waals surface area contributed by atoms with E-state index in [1.54, 1.807) is 0 Å². The minimum Gasteiger partial charge on any atom is -0.465 e. The first-order valence-electron chi connectivity index (χ1n) is 6.29. The van der Waals surface area contributed by atoms with Gasteiger partial charge in [0.2, 0.25) is 0 Å². The molecule has 1 aliphatic rings. The third kappa shape index (κ3) is 3.07. The van der Waals surface area contributed by atoms with Crippen LogP contribution in [0.4, 0.5) is 0 Å². The fourth-order valence-electron chi connectivity index (χ4n) is 1.98. The van der Waals surface area contributed by atoms with Crippen molar-refractivity contribution in [2.24, 2.45) is 0 Å². The molecule has 0 aliphatic heterocycles. The molecule has 1 fully saturated rings. The standard InChI is InChI=1S/C14H19NO2/c1-2-17-14(16)13(15-12-9-6-10-12)11-7-4-3-5-8-11/h3-5,7-8,12-13,15H,2,6,9-10H2,1H3. The minimum atomic E-state index is -0.318. The van der Waals surface area contributed by atoms with Crippen molar-refractivity contribution >= 4 is 5.97 Å². The molecule has 1 atom stereocenters. The van der Waals surface area contributed by atoms with E-state index < -0.39 is 0 Å². The van der Waals surface area contributed by atoms with Gasteiger partial charge in [0.05, 0.1) is 6.61 Å². The average molecular weight is 233 g/mol. The van der Waals surface area contributed by atoms with E-state index in [1.807, 2.05) is 37.3 Å². The fraction of sp³-hybridized carbons (Fsp3) is 0.500. The molecule has 3 heteroatoms. The Labute approximate surface area is 102 Å². The van der Waals surface area contributed by atoms with Crippen LogP contribution < -0.4 is 5.32 Å². The zero-order valence-electron chi connectivity index (χ0n) is 10.2. The molecule has 92 valence electrons. The second-order valence-electron chi connectivity index (χ2n) is 4.39. The van der Waals surface area contributed by atoms with E-state index in [2.05, 4.69) is 5.32 Å². The summed E-state index contributed by atoms with van der Waals surface area (Å²) in [6.07, 6.45) is 3.56. The van der Waals surface area contributed by atoms with Gasteiger partial charge >= 0.3 is 5.97 Å². The van der Waals surface area contributed by atoms with Crippen molar-refractivity contribution in [1.82, 2.24) is 5.32 Å². The summed E-state index contributed by atoms with van der Waals surface area (Å²) in [6, 6.07) is 9.93. The van der Waals surface area contributed by atoms with Crippen LogP contribution >= 0.6 is 0 Å². The predicted octanol–water partition coefficient (Wildman–Crippen LogP) is 2.43. The SMILES string of the molecule is CCOC(=O)C(NC1CCC1)c1ccccc1. The summed E-state index contributed by atoms with van der Waals surface area (Å²) in [6.45, 7) is 2.26. The molecule has 3 nitrogen and oxygen atoms in total. The zero-order chi connectivity index (χ0) is 12.1. The van der Waals surface area contributed by atoms with Gasteiger partial charge in [-0.15, -0.1) is 0 Å². The Hall–Kier alpha value is -1.35. The first kappa shape index (κ1) is 12.1. The number of carbonyl (C=O) groups is 1. The van der Waals surface area contributed by atoms with Gasteiger partial charge in [-0.1, -0.05) is 36.8 Å². The highest BCUT2D eigenvalue weighted by Crippen LogP contribution is 2.23. The van der Waals surface area contributed by atoms with Crippen molar-refractivity contribution in [3.63, 3.8) is 0 Å². The molecule has 1 aliphatic carbocycles. The van der Waals surface area contributed by atoms with Gasteiger partial charge < -0.3 is 4.74 Å². The Morgan fingerprint density at radius 3 is 2.65 bits per heavy atom. The second-order valence-corrected chi connectivity index (χ2v) is 4.39. The van der Waals surface area contributed by atoms with Crippen LogP contribution in [0.25, 0.3) is 0 Å². The van der Waals surface area contributed by atoms with Crippen molar-refractivity contribution in [3.05, 3.63) is 35.9 Å². The summed E-state index contributed by atoms with van der Waals surface area (Å²) in [5, 5.41) is 3.38. The Morgan fingerprint density at radius 1 is 1.41 bits per heavy atom. The summed E-state index contributed by atoms with van der Waals surface area (Å²) < 4.78 is 5.13. The van der Waals surface area contributed by atoms with E-state index >= 15 is 0 Å². The molecule has 17 heavy (non-hydrogen) atoms. The molecule has 2 rings (SSSR count). The summed E-state index contributed by atoms with van der Waals surface area (Å²) >= 11 is 0. The molecule has 0 saturated heterocycles. The van der Waals surface area contributed by atoms with Crippen molar-refractivity contribution in [2.45, 2.75) is 38.3 Å². The van der Waals surface area contributed by atoms with E-state index in [1.165, 1.54) is 6.42 Å². The van der Waals surface area contributed by atoms with Gasteiger partial charge in [-0.3, -0.25) is 5.32 Å². The number of nitrogens with one attached hydrogen (secondary N) is 1.